The smallest absolute Gasteiger partial charge is 0.257 e. The molecule has 1 saturated heterocycles. The number of piperazine rings is 1. The molecule has 2 aromatic carbocycles. The number of carbonyl (C=O) groups is 1. The molecule has 1 aliphatic heterocycles. The summed E-state index contributed by atoms with van der Waals surface area (Å²) in [7, 11) is -4.12. The zero-order chi connectivity index (χ0) is 22.0. The van der Waals surface area contributed by atoms with Gasteiger partial charge in [-0.15, -0.1) is 0 Å². The molecule has 0 spiro atoms. The Labute approximate surface area is 178 Å². The molecule has 0 radical (unpaired) electrons. The molecular formula is C21H20F2N4O3S. The van der Waals surface area contributed by atoms with E-state index in [0.717, 1.165) is 22.0 Å². The van der Waals surface area contributed by atoms with Crippen molar-refractivity contribution in [1.29, 1.82) is 0 Å². The van der Waals surface area contributed by atoms with Crippen LogP contribution in [0.3, 0.4) is 0 Å². The lowest BCUT2D eigenvalue weighted by molar-refractivity contribution is 0.0697. The van der Waals surface area contributed by atoms with Gasteiger partial charge >= 0.3 is 0 Å². The molecule has 4 rings (SSSR count). The van der Waals surface area contributed by atoms with Gasteiger partial charge in [0.15, 0.2) is 0 Å². The fraction of sp³-hybridized carbons (Fsp3) is 0.238. The van der Waals surface area contributed by atoms with Crippen molar-refractivity contribution < 1.29 is 22.0 Å². The first kappa shape index (κ1) is 21.1. The van der Waals surface area contributed by atoms with Crippen molar-refractivity contribution in [1.82, 2.24) is 19.0 Å². The number of nitrogens with zero attached hydrogens (tertiary/aromatic N) is 4. The lowest BCUT2D eigenvalue weighted by Crippen LogP contribution is -2.50. The number of aromatic nitrogens is 2. The Hall–Kier alpha value is -3.11. The van der Waals surface area contributed by atoms with E-state index in [9.17, 15) is 22.0 Å². The van der Waals surface area contributed by atoms with Crippen molar-refractivity contribution in [2.75, 3.05) is 26.2 Å². The molecule has 1 aliphatic rings. The van der Waals surface area contributed by atoms with Crippen molar-refractivity contribution >= 4 is 15.9 Å². The molecule has 0 N–H and O–H groups in total. The summed E-state index contributed by atoms with van der Waals surface area (Å²) in [4.78, 5) is 13.8. The van der Waals surface area contributed by atoms with Crippen molar-refractivity contribution in [3.63, 3.8) is 0 Å². The zero-order valence-corrected chi connectivity index (χ0v) is 17.3. The van der Waals surface area contributed by atoms with Crippen molar-refractivity contribution in [3.8, 4) is 0 Å². The molecule has 162 valence electrons. The first-order chi connectivity index (χ1) is 14.8. The first-order valence-corrected chi connectivity index (χ1v) is 11.1. The summed E-state index contributed by atoms with van der Waals surface area (Å²) in [6.45, 7) is 0.880. The van der Waals surface area contributed by atoms with E-state index in [-0.39, 0.29) is 32.1 Å². The molecule has 7 nitrogen and oxygen atoms in total. The van der Waals surface area contributed by atoms with Crippen molar-refractivity contribution in [3.05, 3.63) is 83.7 Å². The van der Waals surface area contributed by atoms with Gasteiger partial charge in [-0.05, 0) is 17.7 Å². The standard InChI is InChI=1S/C21H20F2N4O3S/c22-18-6-7-20(19(23)12-18)31(29,30)27-10-8-25(9-11-27)21(28)17-13-24-26(15-17)14-16-4-2-1-3-5-16/h1-7,12-13,15H,8-11,14H2. The molecule has 1 fully saturated rings. The molecular weight excluding hydrogens is 426 g/mol. The quantitative estimate of drug-likeness (QED) is 0.603. The van der Waals surface area contributed by atoms with E-state index in [4.69, 9.17) is 0 Å². The summed E-state index contributed by atoms with van der Waals surface area (Å²) in [6.07, 6.45) is 3.15. The van der Waals surface area contributed by atoms with Gasteiger partial charge in [0.25, 0.3) is 5.91 Å². The lowest BCUT2D eigenvalue weighted by atomic mass is 10.2. The van der Waals surface area contributed by atoms with Gasteiger partial charge in [-0.25, -0.2) is 17.2 Å². The molecule has 0 atom stereocenters. The molecule has 0 saturated carbocycles. The summed E-state index contributed by atoms with van der Waals surface area (Å²) in [6, 6.07) is 12.1. The van der Waals surface area contributed by atoms with Crippen LogP contribution in [-0.4, -0.2) is 59.5 Å². The second-order valence-electron chi connectivity index (χ2n) is 7.18. The third kappa shape index (κ3) is 4.49. The van der Waals surface area contributed by atoms with Gasteiger partial charge in [0.1, 0.15) is 16.5 Å². The van der Waals surface area contributed by atoms with Crippen LogP contribution in [0.2, 0.25) is 0 Å². The fourth-order valence-corrected chi connectivity index (χ4v) is 4.94. The van der Waals surface area contributed by atoms with E-state index < -0.39 is 26.6 Å². The van der Waals surface area contributed by atoms with Gasteiger partial charge in [0, 0.05) is 38.4 Å². The molecule has 1 aromatic heterocycles. The maximum absolute atomic E-state index is 14.0. The highest BCUT2D eigenvalue weighted by atomic mass is 32.2. The van der Waals surface area contributed by atoms with Gasteiger partial charge < -0.3 is 4.90 Å². The average molecular weight is 446 g/mol. The monoisotopic (exact) mass is 446 g/mol. The van der Waals surface area contributed by atoms with Crippen LogP contribution in [0, 0.1) is 11.6 Å². The second kappa shape index (κ2) is 8.56. The summed E-state index contributed by atoms with van der Waals surface area (Å²) in [5, 5.41) is 4.23. The Morgan fingerprint density at radius 2 is 1.71 bits per heavy atom. The van der Waals surface area contributed by atoms with E-state index in [0.29, 0.717) is 18.2 Å². The van der Waals surface area contributed by atoms with Crippen LogP contribution < -0.4 is 0 Å². The highest BCUT2D eigenvalue weighted by Gasteiger charge is 2.32. The molecule has 3 aromatic rings. The second-order valence-corrected chi connectivity index (χ2v) is 9.09. The lowest BCUT2D eigenvalue weighted by Gasteiger charge is -2.33. The van der Waals surface area contributed by atoms with Crippen molar-refractivity contribution in [2.45, 2.75) is 11.4 Å². The fourth-order valence-electron chi connectivity index (χ4n) is 3.47. The zero-order valence-electron chi connectivity index (χ0n) is 16.5. The van der Waals surface area contributed by atoms with E-state index in [2.05, 4.69) is 5.10 Å². The SMILES string of the molecule is O=C(c1cnn(Cc2ccccc2)c1)N1CCN(S(=O)(=O)c2ccc(F)cc2F)CC1. The summed E-state index contributed by atoms with van der Waals surface area (Å²) < 4.78 is 55.2. The maximum atomic E-state index is 14.0. The molecule has 1 amide bonds. The van der Waals surface area contributed by atoms with Crippen LogP contribution in [0.15, 0.2) is 65.8 Å². The summed E-state index contributed by atoms with van der Waals surface area (Å²) in [5.41, 5.74) is 1.47. The minimum absolute atomic E-state index is 0.0169. The molecule has 2 heterocycles. The van der Waals surface area contributed by atoms with Gasteiger partial charge in [-0.1, -0.05) is 30.3 Å². The summed E-state index contributed by atoms with van der Waals surface area (Å²) in [5.74, 6) is -2.23. The van der Waals surface area contributed by atoms with Gasteiger partial charge in [-0.2, -0.15) is 9.40 Å². The van der Waals surface area contributed by atoms with Gasteiger partial charge in [0.2, 0.25) is 10.0 Å². The van der Waals surface area contributed by atoms with Crippen LogP contribution >= 0.6 is 0 Å². The number of rotatable bonds is 5. The van der Waals surface area contributed by atoms with E-state index in [1.807, 2.05) is 30.3 Å². The largest absolute Gasteiger partial charge is 0.336 e. The third-order valence-corrected chi connectivity index (χ3v) is 7.04. The van der Waals surface area contributed by atoms with Crippen LogP contribution in [-0.2, 0) is 16.6 Å². The predicted molar refractivity (Wildman–Crippen MR) is 109 cm³/mol. The molecule has 31 heavy (non-hydrogen) atoms. The number of amides is 1. The molecule has 0 unspecified atom stereocenters. The molecule has 10 heteroatoms. The van der Waals surface area contributed by atoms with E-state index in [1.165, 1.54) is 11.1 Å². The Bertz CT molecular complexity index is 1190. The Morgan fingerprint density at radius 3 is 2.39 bits per heavy atom. The Balaban J connectivity index is 1.40. The van der Waals surface area contributed by atoms with Gasteiger partial charge in [-0.3, -0.25) is 9.48 Å². The molecule has 0 bridgehead atoms. The number of halogens is 2. The molecule has 0 aliphatic carbocycles. The minimum Gasteiger partial charge on any atom is -0.336 e. The number of hydrogen-bond acceptors (Lipinski definition) is 4. The normalized spacial score (nSPS) is 15.2. The van der Waals surface area contributed by atoms with Crippen molar-refractivity contribution in [2.24, 2.45) is 0 Å². The van der Waals surface area contributed by atoms with E-state index >= 15 is 0 Å². The topological polar surface area (TPSA) is 75.5 Å². The number of hydrogen-bond donors (Lipinski definition) is 0. The van der Waals surface area contributed by atoms with Crippen LogP contribution in [0.25, 0.3) is 0 Å². The van der Waals surface area contributed by atoms with Crippen LogP contribution in [0.5, 0.6) is 0 Å². The van der Waals surface area contributed by atoms with Crippen LogP contribution in [0.1, 0.15) is 15.9 Å². The minimum atomic E-state index is -4.12. The number of carbonyl (C=O) groups excluding carboxylic acids is 1. The third-order valence-electron chi connectivity index (χ3n) is 5.11. The first-order valence-electron chi connectivity index (χ1n) is 9.65. The van der Waals surface area contributed by atoms with Gasteiger partial charge in [0.05, 0.1) is 18.3 Å². The number of benzene rings is 2. The number of sulfonamides is 1. The Kier molecular flexibility index (Phi) is 5.84. The maximum Gasteiger partial charge on any atom is 0.257 e. The average Bonchev–Trinajstić information content (AvgIpc) is 3.22. The summed E-state index contributed by atoms with van der Waals surface area (Å²) >= 11 is 0. The predicted octanol–water partition coefficient (Wildman–Crippen LogP) is 2.36. The Morgan fingerprint density at radius 1 is 1.00 bits per heavy atom. The highest BCUT2D eigenvalue weighted by molar-refractivity contribution is 7.89. The van der Waals surface area contributed by atoms with E-state index in [1.54, 1.807) is 10.9 Å². The van der Waals surface area contributed by atoms with Crippen LogP contribution in [0.4, 0.5) is 8.78 Å². The highest BCUT2D eigenvalue weighted by Crippen LogP contribution is 2.22.